The van der Waals surface area contributed by atoms with Gasteiger partial charge in [0.25, 0.3) is 0 Å². The van der Waals surface area contributed by atoms with Gasteiger partial charge in [-0.25, -0.2) is 0 Å². The van der Waals surface area contributed by atoms with Gasteiger partial charge in [-0.05, 0) is 26.0 Å². The van der Waals surface area contributed by atoms with Crippen LogP contribution in [0.25, 0.3) is 0 Å². The molecule has 7 nitrogen and oxygen atoms in total. The van der Waals surface area contributed by atoms with Gasteiger partial charge in [-0.2, -0.15) is 0 Å². The van der Waals surface area contributed by atoms with E-state index in [2.05, 4.69) is 0 Å². The average Bonchev–Trinajstić information content (AvgIpc) is 2.34. The Hall–Kier alpha value is -1.25. The van der Waals surface area contributed by atoms with Crippen LogP contribution in [0.3, 0.4) is 0 Å². The number of hydrogen-bond donors (Lipinski definition) is 4. The van der Waals surface area contributed by atoms with Crippen LogP contribution < -0.4 is 0 Å². The van der Waals surface area contributed by atoms with E-state index >= 15 is 0 Å². The molecule has 0 aliphatic carbocycles. The van der Waals surface area contributed by atoms with Gasteiger partial charge >= 0.3 is 21.7 Å². The predicted octanol–water partition coefficient (Wildman–Crippen LogP) is 1.24. The van der Waals surface area contributed by atoms with Crippen molar-refractivity contribution in [1.29, 1.82) is 0 Å². The van der Waals surface area contributed by atoms with Crippen molar-refractivity contribution in [2.75, 3.05) is 0 Å². The van der Waals surface area contributed by atoms with Crippen molar-refractivity contribution in [2.45, 2.75) is 26.1 Å². The molecule has 0 bridgehead atoms. The number of allylic oxidation sites excluding steroid dienone is 2. The van der Waals surface area contributed by atoms with Gasteiger partial charge in [0.1, 0.15) is 23.7 Å². The number of aliphatic hydroxyl groups is 4. The second-order valence-electron chi connectivity index (χ2n) is 3.67. The Kier molecular flexibility index (Phi) is 10.1. The molecule has 0 radical (unpaired) electrons. The fraction of sp³-hybridized carbons (Fsp3) is 0.333. The summed E-state index contributed by atoms with van der Waals surface area (Å²) in [5, 5.41) is 35.5. The van der Waals surface area contributed by atoms with Crippen molar-refractivity contribution in [3.05, 3.63) is 47.7 Å². The first-order valence-corrected chi connectivity index (χ1v) is 5.25. The molecule has 0 amide bonds. The van der Waals surface area contributed by atoms with Crippen molar-refractivity contribution in [2.24, 2.45) is 0 Å². The molecule has 4 N–H and O–H groups in total. The third kappa shape index (κ3) is 5.81. The molecule has 2 heterocycles. The van der Waals surface area contributed by atoms with Crippen LogP contribution in [0.2, 0.25) is 0 Å². The van der Waals surface area contributed by atoms with Gasteiger partial charge in [0.05, 0.1) is 12.5 Å². The monoisotopic (exact) mass is 320 g/mol. The quantitative estimate of drug-likeness (QED) is 0.497. The van der Waals surface area contributed by atoms with Crippen molar-refractivity contribution < 1.29 is 57.1 Å². The SMILES string of the molecule is CC1=C(O)C(O)C=CO1.CC1=C(O)[C@H](O)C=CO1.[O-2].[Ti+4]. The summed E-state index contributed by atoms with van der Waals surface area (Å²) in [7, 11) is 0. The van der Waals surface area contributed by atoms with E-state index in [4.69, 9.17) is 29.9 Å². The molecule has 2 aliphatic heterocycles. The Bertz CT molecular complexity index is 386. The van der Waals surface area contributed by atoms with E-state index in [1.54, 1.807) is 13.8 Å². The van der Waals surface area contributed by atoms with Gasteiger partial charge in [-0.15, -0.1) is 0 Å². The zero-order valence-corrected chi connectivity index (χ0v) is 12.5. The minimum atomic E-state index is -0.890. The maximum absolute atomic E-state index is 8.90. The molecule has 0 fully saturated rings. The van der Waals surface area contributed by atoms with E-state index < -0.39 is 12.2 Å². The zero-order valence-electron chi connectivity index (χ0n) is 11.0. The van der Waals surface area contributed by atoms with Gasteiger partial charge in [-0.3, -0.25) is 0 Å². The topological polar surface area (TPSA) is 128 Å². The van der Waals surface area contributed by atoms with E-state index in [1.807, 2.05) is 0 Å². The summed E-state index contributed by atoms with van der Waals surface area (Å²) >= 11 is 0. The Labute approximate surface area is 131 Å². The summed E-state index contributed by atoms with van der Waals surface area (Å²) in [4.78, 5) is 0. The van der Waals surface area contributed by atoms with Crippen LogP contribution in [0.15, 0.2) is 47.7 Å². The number of aliphatic hydroxyl groups excluding tert-OH is 4. The van der Waals surface area contributed by atoms with Crippen LogP contribution in [-0.4, -0.2) is 32.6 Å². The fourth-order valence-corrected chi connectivity index (χ4v) is 1.15. The second-order valence-corrected chi connectivity index (χ2v) is 3.67. The van der Waals surface area contributed by atoms with Gasteiger partial charge in [0.15, 0.2) is 11.5 Å². The van der Waals surface area contributed by atoms with Crippen LogP contribution in [0, 0.1) is 0 Å². The molecule has 0 aromatic rings. The van der Waals surface area contributed by atoms with E-state index in [0.29, 0.717) is 11.5 Å². The van der Waals surface area contributed by atoms with Gasteiger partial charge in [0, 0.05) is 0 Å². The van der Waals surface area contributed by atoms with Crippen LogP contribution in [-0.2, 0) is 36.7 Å². The minimum Gasteiger partial charge on any atom is -2.00 e. The predicted molar refractivity (Wildman–Crippen MR) is 63.8 cm³/mol. The molecule has 0 saturated carbocycles. The first-order chi connectivity index (χ1) is 8.43. The molecular formula is C12H16O7Ti+2. The molecule has 0 saturated heterocycles. The summed E-state index contributed by atoms with van der Waals surface area (Å²) < 4.78 is 9.50. The molecule has 2 atom stereocenters. The van der Waals surface area contributed by atoms with E-state index in [9.17, 15) is 0 Å². The maximum Gasteiger partial charge on any atom is 4.00 e. The Morgan fingerprint density at radius 1 is 0.850 bits per heavy atom. The summed E-state index contributed by atoms with van der Waals surface area (Å²) in [6.07, 6.45) is 3.64. The van der Waals surface area contributed by atoms with Crippen molar-refractivity contribution in [3.8, 4) is 0 Å². The molecule has 1 unspecified atom stereocenters. The maximum atomic E-state index is 8.90. The summed E-state index contributed by atoms with van der Waals surface area (Å²) in [5.41, 5.74) is 0. The molecule has 2 aliphatic rings. The molecule has 20 heavy (non-hydrogen) atoms. The number of ether oxygens (including phenoxy) is 2. The smallest absolute Gasteiger partial charge is 2.00 e. The second kappa shape index (κ2) is 9.63. The summed E-state index contributed by atoms with van der Waals surface area (Å²) in [6.45, 7) is 3.17. The third-order valence-corrected chi connectivity index (χ3v) is 2.29. The molecular weight excluding hydrogens is 304 g/mol. The first kappa shape index (κ1) is 21.1. The van der Waals surface area contributed by atoms with Gasteiger partial charge in [0.2, 0.25) is 0 Å². The summed E-state index contributed by atoms with van der Waals surface area (Å²) in [5.74, 6) is 0.477. The molecule has 108 valence electrons. The van der Waals surface area contributed by atoms with E-state index in [0.717, 1.165) is 0 Å². The van der Waals surface area contributed by atoms with Crippen LogP contribution in [0.4, 0.5) is 0 Å². The standard InChI is InChI=1S/2C6H8O3.O.Ti/c2*1-4-6(8)5(7)2-3-9-4;;/h2*2-3,5,7-8H,1H3;;/q;;-2;+4/t5-;;;/m1.../s1. The fourth-order valence-electron chi connectivity index (χ4n) is 1.15. The van der Waals surface area contributed by atoms with Crippen molar-refractivity contribution in [1.82, 2.24) is 0 Å². The van der Waals surface area contributed by atoms with Crippen LogP contribution in [0.5, 0.6) is 0 Å². The number of rotatable bonds is 0. The van der Waals surface area contributed by atoms with Crippen LogP contribution in [0.1, 0.15) is 13.8 Å². The van der Waals surface area contributed by atoms with Gasteiger partial charge in [-0.1, -0.05) is 0 Å². The summed E-state index contributed by atoms with van der Waals surface area (Å²) in [6, 6.07) is 0. The van der Waals surface area contributed by atoms with Crippen LogP contribution >= 0.6 is 0 Å². The minimum absolute atomic E-state index is 0. The van der Waals surface area contributed by atoms with E-state index in [1.165, 1.54) is 24.7 Å². The molecule has 0 spiro atoms. The van der Waals surface area contributed by atoms with Gasteiger partial charge < -0.3 is 35.4 Å². The average molecular weight is 320 g/mol. The Morgan fingerprint density at radius 3 is 1.35 bits per heavy atom. The van der Waals surface area contributed by atoms with Crippen molar-refractivity contribution in [3.63, 3.8) is 0 Å². The Balaban J connectivity index is 0. The normalized spacial score (nSPS) is 23.6. The zero-order chi connectivity index (χ0) is 13.7. The third-order valence-electron chi connectivity index (χ3n) is 2.29. The molecule has 8 heteroatoms. The molecule has 0 aromatic heterocycles. The molecule has 2 rings (SSSR count). The first-order valence-electron chi connectivity index (χ1n) is 5.25. The Morgan fingerprint density at radius 2 is 1.15 bits per heavy atom. The van der Waals surface area contributed by atoms with Crippen molar-refractivity contribution >= 4 is 0 Å². The largest absolute Gasteiger partial charge is 4.00 e. The molecule has 0 aromatic carbocycles. The van der Waals surface area contributed by atoms with E-state index in [-0.39, 0.29) is 38.7 Å². The number of hydrogen-bond acceptors (Lipinski definition) is 6.